The van der Waals surface area contributed by atoms with Crippen molar-refractivity contribution in [2.24, 2.45) is 0 Å². The van der Waals surface area contributed by atoms with Crippen molar-refractivity contribution in [1.29, 1.82) is 0 Å². The van der Waals surface area contributed by atoms with Gasteiger partial charge in [-0.3, -0.25) is 15.0 Å². The van der Waals surface area contributed by atoms with Gasteiger partial charge in [-0.05, 0) is 23.8 Å². The molecule has 11 heteroatoms. The van der Waals surface area contributed by atoms with Gasteiger partial charge in [-0.1, -0.05) is 24.3 Å². The highest BCUT2D eigenvalue weighted by Crippen LogP contribution is 2.32. The van der Waals surface area contributed by atoms with Gasteiger partial charge in [-0.15, -0.1) is 0 Å². The Bertz CT molecular complexity index is 1340. The Kier molecular flexibility index (Phi) is 7.31. The van der Waals surface area contributed by atoms with Crippen LogP contribution < -0.4 is 4.74 Å². The SMILES string of the molecule is COc1nc2ccccc2cc1C(O)Cc1cc(CN2CCN(S(C)(=O)=O)CC2)ccc1[N+](=O)[O-]. The van der Waals surface area contributed by atoms with Crippen LogP contribution in [-0.4, -0.2) is 72.2 Å². The van der Waals surface area contributed by atoms with Crippen molar-refractivity contribution in [2.45, 2.75) is 19.1 Å². The molecule has 2 aromatic carbocycles. The van der Waals surface area contributed by atoms with Crippen LogP contribution >= 0.6 is 0 Å². The Morgan fingerprint density at radius 2 is 1.86 bits per heavy atom. The van der Waals surface area contributed by atoms with E-state index in [1.807, 2.05) is 24.3 Å². The minimum atomic E-state index is -3.21. The van der Waals surface area contributed by atoms with Gasteiger partial charge in [0.25, 0.3) is 5.69 Å². The zero-order valence-electron chi connectivity index (χ0n) is 19.6. The van der Waals surface area contributed by atoms with Gasteiger partial charge in [0.05, 0.1) is 29.9 Å². The number of nitrogens with zero attached hydrogens (tertiary/aromatic N) is 4. The van der Waals surface area contributed by atoms with Crippen molar-refractivity contribution in [1.82, 2.24) is 14.2 Å². The highest BCUT2D eigenvalue weighted by atomic mass is 32.2. The summed E-state index contributed by atoms with van der Waals surface area (Å²) in [5.41, 5.74) is 2.38. The second kappa shape index (κ2) is 10.2. The summed E-state index contributed by atoms with van der Waals surface area (Å²) >= 11 is 0. The van der Waals surface area contributed by atoms with Gasteiger partial charge in [-0.2, -0.15) is 4.31 Å². The fourth-order valence-corrected chi connectivity index (χ4v) is 5.22. The molecule has 10 nitrogen and oxygen atoms in total. The first-order chi connectivity index (χ1) is 16.7. The molecule has 0 saturated carbocycles. The number of hydrogen-bond acceptors (Lipinski definition) is 8. The number of aromatic nitrogens is 1. The van der Waals surface area contributed by atoms with E-state index in [1.54, 1.807) is 18.2 Å². The van der Waals surface area contributed by atoms with Gasteiger partial charge in [0.1, 0.15) is 0 Å². The Hall–Kier alpha value is -3.12. The largest absolute Gasteiger partial charge is 0.481 e. The maximum Gasteiger partial charge on any atom is 0.272 e. The number of nitro benzene ring substituents is 1. The summed E-state index contributed by atoms with van der Waals surface area (Å²) in [6, 6.07) is 14.2. The van der Waals surface area contributed by atoms with E-state index < -0.39 is 21.1 Å². The van der Waals surface area contributed by atoms with Crippen LogP contribution in [0.4, 0.5) is 5.69 Å². The van der Waals surface area contributed by atoms with Gasteiger partial charge in [0.15, 0.2) is 0 Å². The van der Waals surface area contributed by atoms with Crippen LogP contribution in [-0.2, 0) is 23.0 Å². The fourth-order valence-electron chi connectivity index (χ4n) is 4.39. The third-order valence-corrected chi connectivity index (χ3v) is 7.53. The van der Waals surface area contributed by atoms with E-state index in [9.17, 15) is 23.6 Å². The second-order valence-corrected chi connectivity index (χ2v) is 10.6. The predicted octanol–water partition coefficient (Wildman–Crippen LogP) is 2.50. The molecule has 2 heterocycles. The zero-order chi connectivity index (χ0) is 25.2. The van der Waals surface area contributed by atoms with Crippen LogP contribution in [0, 0.1) is 10.1 Å². The van der Waals surface area contributed by atoms with Crippen molar-refractivity contribution in [3.63, 3.8) is 0 Å². The number of nitro groups is 1. The summed E-state index contributed by atoms with van der Waals surface area (Å²) in [6.45, 7) is 2.49. The average Bonchev–Trinajstić information content (AvgIpc) is 2.83. The maximum atomic E-state index is 11.7. The molecular formula is C24H28N4O6S. The first-order valence-electron chi connectivity index (χ1n) is 11.2. The number of hydrogen-bond donors (Lipinski definition) is 1. The molecule has 1 aliphatic rings. The van der Waals surface area contributed by atoms with Crippen molar-refractivity contribution >= 4 is 26.6 Å². The Morgan fingerprint density at radius 3 is 2.51 bits per heavy atom. The number of benzene rings is 2. The number of fused-ring (bicyclic) bond motifs is 1. The highest BCUT2D eigenvalue weighted by molar-refractivity contribution is 7.88. The monoisotopic (exact) mass is 500 g/mol. The summed E-state index contributed by atoms with van der Waals surface area (Å²) in [5.74, 6) is 0.277. The molecule has 0 radical (unpaired) electrons. The quantitative estimate of drug-likeness (QED) is 0.369. The Morgan fingerprint density at radius 1 is 1.14 bits per heavy atom. The van der Waals surface area contributed by atoms with E-state index in [1.165, 1.54) is 23.7 Å². The number of para-hydroxylation sites is 1. The molecule has 1 aliphatic heterocycles. The van der Waals surface area contributed by atoms with Gasteiger partial charge >= 0.3 is 0 Å². The van der Waals surface area contributed by atoms with Crippen LogP contribution in [0.1, 0.15) is 22.8 Å². The summed E-state index contributed by atoms with van der Waals surface area (Å²) in [4.78, 5) is 17.8. The number of pyridine rings is 1. The van der Waals surface area contributed by atoms with Crippen LogP contribution in [0.3, 0.4) is 0 Å². The van der Waals surface area contributed by atoms with Crippen LogP contribution in [0.5, 0.6) is 5.88 Å². The number of ether oxygens (including phenoxy) is 1. The lowest BCUT2D eigenvalue weighted by Gasteiger charge is -2.33. The molecule has 0 aliphatic carbocycles. The van der Waals surface area contributed by atoms with Gasteiger partial charge in [0, 0.05) is 61.7 Å². The predicted molar refractivity (Wildman–Crippen MR) is 132 cm³/mol. The van der Waals surface area contributed by atoms with Crippen molar-refractivity contribution < 1.29 is 23.2 Å². The Labute approximate surface area is 204 Å². The number of aliphatic hydroxyl groups excluding tert-OH is 1. The van der Waals surface area contributed by atoms with Gasteiger partial charge < -0.3 is 9.84 Å². The maximum absolute atomic E-state index is 11.7. The van der Waals surface area contributed by atoms with Gasteiger partial charge in [-0.25, -0.2) is 13.4 Å². The molecular weight excluding hydrogens is 472 g/mol. The number of piperazine rings is 1. The second-order valence-electron chi connectivity index (χ2n) is 8.66. The molecule has 186 valence electrons. The van der Waals surface area contributed by atoms with E-state index in [0.29, 0.717) is 43.9 Å². The lowest BCUT2D eigenvalue weighted by Crippen LogP contribution is -2.47. The first-order valence-corrected chi connectivity index (χ1v) is 13.1. The molecule has 3 aromatic rings. The zero-order valence-corrected chi connectivity index (χ0v) is 20.4. The third kappa shape index (κ3) is 5.76. The van der Waals surface area contributed by atoms with Crippen molar-refractivity contribution in [3.05, 3.63) is 75.3 Å². The molecule has 1 N–H and O–H groups in total. The summed E-state index contributed by atoms with van der Waals surface area (Å²) in [5, 5.41) is 23.6. The molecule has 1 atom stereocenters. The molecule has 1 unspecified atom stereocenters. The first kappa shape index (κ1) is 25.0. The van der Waals surface area contributed by atoms with E-state index in [2.05, 4.69) is 9.88 Å². The van der Waals surface area contributed by atoms with Crippen LogP contribution in [0.2, 0.25) is 0 Å². The number of aliphatic hydroxyl groups is 1. The van der Waals surface area contributed by atoms with Crippen LogP contribution in [0.25, 0.3) is 10.9 Å². The third-order valence-electron chi connectivity index (χ3n) is 6.23. The molecule has 35 heavy (non-hydrogen) atoms. The lowest BCUT2D eigenvalue weighted by atomic mass is 9.98. The molecule has 0 spiro atoms. The van der Waals surface area contributed by atoms with E-state index in [4.69, 9.17) is 4.74 Å². The minimum absolute atomic E-state index is 0.0163. The molecule has 0 amide bonds. The van der Waals surface area contributed by atoms with Gasteiger partial charge in [0.2, 0.25) is 15.9 Å². The van der Waals surface area contributed by atoms with E-state index in [-0.39, 0.29) is 18.0 Å². The topological polar surface area (TPSA) is 126 Å². The highest BCUT2D eigenvalue weighted by Gasteiger charge is 2.25. The molecule has 1 fully saturated rings. The van der Waals surface area contributed by atoms with Crippen molar-refractivity contribution in [2.75, 3.05) is 39.5 Å². The molecule has 1 saturated heterocycles. The summed E-state index contributed by atoms with van der Waals surface area (Å²) in [7, 11) is -1.74. The lowest BCUT2D eigenvalue weighted by molar-refractivity contribution is -0.385. The summed E-state index contributed by atoms with van der Waals surface area (Å²) < 4.78 is 30.3. The fraction of sp³-hybridized carbons (Fsp3) is 0.375. The Balaban J connectivity index is 1.56. The number of rotatable bonds is 8. The average molecular weight is 501 g/mol. The normalized spacial score (nSPS) is 16.3. The minimum Gasteiger partial charge on any atom is -0.481 e. The van der Waals surface area contributed by atoms with Crippen LogP contribution in [0.15, 0.2) is 48.5 Å². The smallest absolute Gasteiger partial charge is 0.272 e. The molecule has 0 bridgehead atoms. The van der Waals surface area contributed by atoms with E-state index >= 15 is 0 Å². The molecule has 1 aromatic heterocycles. The van der Waals surface area contributed by atoms with Crippen molar-refractivity contribution in [3.8, 4) is 5.88 Å². The van der Waals surface area contributed by atoms with E-state index in [0.717, 1.165) is 16.5 Å². The summed E-state index contributed by atoms with van der Waals surface area (Å²) in [6.07, 6.45) is 0.160. The number of methoxy groups -OCH3 is 1. The number of sulfonamides is 1. The molecule has 4 rings (SSSR count). The standard InChI is InChI=1S/C24H28N4O6S/c1-34-24-20(14-18-5-3-4-6-21(18)25-24)23(29)15-19-13-17(7-8-22(19)28(30)31)16-26-9-11-27(12-10-26)35(2,32)33/h3-8,13-14,23,29H,9-12,15-16H2,1-2H3.